The molecule has 0 saturated carbocycles. The van der Waals surface area contributed by atoms with Crippen molar-refractivity contribution in [1.82, 2.24) is 5.32 Å². The first-order valence-electron chi connectivity index (χ1n) is 5.09. The first-order chi connectivity index (χ1) is 8.54. The molecule has 1 heterocycles. The van der Waals surface area contributed by atoms with Gasteiger partial charge in [0.25, 0.3) is 0 Å². The van der Waals surface area contributed by atoms with Gasteiger partial charge in [0.2, 0.25) is 0 Å². The first-order valence-corrected chi connectivity index (χ1v) is 7.05. The molecular weight excluding hydrogens is 388 g/mol. The summed E-state index contributed by atoms with van der Waals surface area (Å²) in [6.45, 7) is 0. The molecular formula is C12H9Br2ClFNO. The van der Waals surface area contributed by atoms with Crippen molar-refractivity contribution in [3.8, 4) is 0 Å². The molecule has 0 aliphatic rings. The van der Waals surface area contributed by atoms with Gasteiger partial charge in [-0.05, 0) is 57.1 Å². The summed E-state index contributed by atoms with van der Waals surface area (Å²) >= 11 is 12.5. The quantitative estimate of drug-likeness (QED) is 0.745. The van der Waals surface area contributed by atoms with Gasteiger partial charge in [0, 0.05) is 15.6 Å². The normalized spacial score (nSPS) is 12.7. The van der Waals surface area contributed by atoms with Crippen LogP contribution in [0.25, 0.3) is 0 Å². The molecule has 0 aliphatic heterocycles. The summed E-state index contributed by atoms with van der Waals surface area (Å²) in [4.78, 5) is 0. The third-order valence-electron chi connectivity index (χ3n) is 2.60. The summed E-state index contributed by atoms with van der Waals surface area (Å²) in [7, 11) is 1.75. The predicted octanol–water partition coefficient (Wildman–Crippen LogP) is 4.91. The maximum atomic E-state index is 14.0. The van der Waals surface area contributed by atoms with Crippen LogP contribution in [-0.2, 0) is 0 Å². The lowest BCUT2D eigenvalue weighted by Crippen LogP contribution is -2.18. The second kappa shape index (κ2) is 5.74. The van der Waals surface area contributed by atoms with Crippen molar-refractivity contribution in [3.63, 3.8) is 0 Å². The molecule has 0 saturated heterocycles. The largest absolute Gasteiger partial charge is 0.457 e. The van der Waals surface area contributed by atoms with Crippen LogP contribution in [0.5, 0.6) is 0 Å². The molecule has 1 N–H and O–H groups in total. The highest BCUT2D eigenvalue weighted by Gasteiger charge is 2.21. The summed E-state index contributed by atoms with van der Waals surface area (Å²) in [6, 6.07) is 4.40. The van der Waals surface area contributed by atoms with E-state index in [4.69, 9.17) is 16.0 Å². The van der Waals surface area contributed by atoms with E-state index in [1.807, 2.05) is 0 Å². The molecule has 0 spiro atoms. The standard InChI is InChI=1S/C12H9Br2ClFNO/c1-17-11(6-2-3-18-12(6)14)7-4-9(15)8(13)5-10(7)16/h2-5,11,17H,1H3. The minimum absolute atomic E-state index is 0.330. The lowest BCUT2D eigenvalue weighted by Gasteiger charge is -2.17. The van der Waals surface area contributed by atoms with E-state index < -0.39 is 0 Å². The summed E-state index contributed by atoms with van der Waals surface area (Å²) < 4.78 is 20.3. The van der Waals surface area contributed by atoms with Crippen LogP contribution in [0.4, 0.5) is 4.39 Å². The molecule has 2 rings (SSSR count). The van der Waals surface area contributed by atoms with Crippen molar-refractivity contribution in [2.75, 3.05) is 7.05 Å². The molecule has 96 valence electrons. The molecule has 1 unspecified atom stereocenters. The van der Waals surface area contributed by atoms with Gasteiger partial charge in [-0.1, -0.05) is 11.6 Å². The zero-order valence-electron chi connectivity index (χ0n) is 9.31. The second-order valence-electron chi connectivity index (χ2n) is 3.66. The minimum Gasteiger partial charge on any atom is -0.457 e. The van der Waals surface area contributed by atoms with Crippen molar-refractivity contribution in [1.29, 1.82) is 0 Å². The van der Waals surface area contributed by atoms with Crippen molar-refractivity contribution >= 4 is 43.5 Å². The Morgan fingerprint density at radius 1 is 1.33 bits per heavy atom. The van der Waals surface area contributed by atoms with E-state index in [0.717, 1.165) is 5.56 Å². The van der Waals surface area contributed by atoms with Crippen molar-refractivity contribution in [2.45, 2.75) is 6.04 Å². The fraction of sp³-hybridized carbons (Fsp3) is 0.167. The number of furan rings is 1. The van der Waals surface area contributed by atoms with Gasteiger partial charge < -0.3 is 9.73 Å². The Hall–Kier alpha value is -0.360. The summed E-state index contributed by atoms with van der Waals surface area (Å²) in [5.74, 6) is -0.335. The van der Waals surface area contributed by atoms with E-state index in [9.17, 15) is 4.39 Å². The average molecular weight is 397 g/mol. The molecule has 0 bridgehead atoms. The van der Waals surface area contributed by atoms with Crippen LogP contribution in [0.15, 0.2) is 38.0 Å². The Balaban J connectivity index is 2.52. The van der Waals surface area contributed by atoms with Crippen LogP contribution in [-0.4, -0.2) is 7.05 Å². The van der Waals surface area contributed by atoms with Gasteiger partial charge in [-0.3, -0.25) is 0 Å². The molecule has 1 aromatic carbocycles. The summed E-state index contributed by atoms with van der Waals surface area (Å²) in [5, 5.41) is 3.51. The van der Waals surface area contributed by atoms with Gasteiger partial charge in [-0.2, -0.15) is 0 Å². The topological polar surface area (TPSA) is 25.2 Å². The molecule has 0 fully saturated rings. The molecule has 1 atom stereocenters. The number of hydrogen-bond acceptors (Lipinski definition) is 2. The van der Waals surface area contributed by atoms with Crippen LogP contribution in [0, 0.1) is 5.82 Å². The molecule has 0 aliphatic carbocycles. The highest BCUT2D eigenvalue weighted by molar-refractivity contribution is 9.10. The third-order valence-corrected chi connectivity index (χ3v) is 4.44. The molecule has 0 amide bonds. The zero-order chi connectivity index (χ0) is 13.3. The van der Waals surface area contributed by atoms with E-state index in [1.54, 1.807) is 25.4 Å². The number of rotatable bonds is 3. The summed E-state index contributed by atoms with van der Waals surface area (Å²) in [6.07, 6.45) is 1.54. The van der Waals surface area contributed by atoms with Crippen LogP contribution in [0.1, 0.15) is 17.2 Å². The van der Waals surface area contributed by atoms with Gasteiger partial charge in [0.15, 0.2) is 4.67 Å². The molecule has 2 nitrogen and oxygen atoms in total. The first kappa shape index (κ1) is 14.1. The van der Waals surface area contributed by atoms with Gasteiger partial charge in [-0.25, -0.2) is 4.39 Å². The Labute approximate surface area is 126 Å². The average Bonchev–Trinajstić information content (AvgIpc) is 2.73. The van der Waals surface area contributed by atoms with Crippen molar-refractivity contribution in [2.24, 2.45) is 0 Å². The predicted molar refractivity (Wildman–Crippen MR) is 76.4 cm³/mol. The van der Waals surface area contributed by atoms with E-state index in [0.29, 0.717) is 19.7 Å². The van der Waals surface area contributed by atoms with E-state index in [-0.39, 0.29) is 11.9 Å². The SMILES string of the molecule is CNC(c1cc(Cl)c(Br)cc1F)c1ccoc1Br. The lowest BCUT2D eigenvalue weighted by molar-refractivity contribution is 0.525. The molecule has 18 heavy (non-hydrogen) atoms. The molecule has 0 radical (unpaired) electrons. The fourth-order valence-corrected chi connectivity index (χ4v) is 2.70. The van der Waals surface area contributed by atoms with Crippen LogP contribution in [0.2, 0.25) is 5.02 Å². The van der Waals surface area contributed by atoms with Crippen LogP contribution < -0.4 is 5.32 Å². The van der Waals surface area contributed by atoms with E-state index >= 15 is 0 Å². The minimum atomic E-state index is -0.335. The van der Waals surface area contributed by atoms with E-state index in [2.05, 4.69) is 37.2 Å². The van der Waals surface area contributed by atoms with Crippen LogP contribution >= 0.6 is 43.5 Å². The van der Waals surface area contributed by atoms with Gasteiger partial charge in [0.1, 0.15) is 5.82 Å². The number of nitrogens with one attached hydrogen (secondary N) is 1. The van der Waals surface area contributed by atoms with Gasteiger partial charge >= 0.3 is 0 Å². The zero-order valence-corrected chi connectivity index (χ0v) is 13.2. The molecule has 6 heteroatoms. The molecule has 2 aromatic rings. The lowest BCUT2D eigenvalue weighted by atomic mass is 10.0. The Kier molecular flexibility index (Phi) is 4.48. The monoisotopic (exact) mass is 395 g/mol. The Morgan fingerprint density at radius 2 is 2.06 bits per heavy atom. The fourth-order valence-electron chi connectivity index (χ4n) is 1.75. The highest BCUT2D eigenvalue weighted by atomic mass is 79.9. The maximum Gasteiger partial charge on any atom is 0.174 e. The van der Waals surface area contributed by atoms with E-state index in [1.165, 1.54) is 6.07 Å². The second-order valence-corrected chi connectivity index (χ2v) is 5.64. The van der Waals surface area contributed by atoms with Gasteiger partial charge in [0.05, 0.1) is 17.3 Å². The maximum absolute atomic E-state index is 14.0. The van der Waals surface area contributed by atoms with Gasteiger partial charge in [-0.15, -0.1) is 0 Å². The number of benzene rings is 1. The number of hydrogen-bond donors (Lipinski definition) is 1. The third kappa shape index (κ3) is 2.64. The van der Waals surface area contributed by atoms with Crippen LogP contribution in [0.3, 0.4) is 0 Å². The molecule has 1 aromatic heterocycles. The Morgan fingerprint density at radius 3 is 2.61 bits per heavy atom. The smallest absolute Gasteiger partial charge is 0.174 e. The van der Waals surface area contributed by atoms with Crippen molar-refractivity contribution < 1.29 is 8.81 Å². The Bertz CT molecular complexity index is 573. The number of halogens is 4. The summed E-state index contributed by atoms with van der Waals surface area (Å²) in [5.41, 5.74) is 1.28. The van der Waals surface area contributed by atoms with Crippen molar-refractivity contribution in [3.05, 3.63) is 55.6 Å². The highest BCUT2D eigenvalue weighted by Crippen LogP contribution is 2.34.